The van der Waals surface area contributed by atoms with Crippen LogP contribution in [0.25, 0.3) is 0 Å². The molecule has 2 unspecified atom stereocenters. The minimum absolute atomic E-state index is 0.290. The van der Waals surface area contributed by atoms with E-state index in [0.29, 0.717) is 18.5 Å². The number of ether oxygens (including phenoxy) is 1. The van der Waals surface area contributed by atoms with Gasteiger partial charge in [0.2, 0.25) is 0 Å². The summed E-state index contributed by atoms with van der Waals surface area (Å²) in [4.78, 5) is 14.3. The Hall–Kier alpha value is -0.810. The zero-order valence-corrected chi connectivity index (χ0v) is 15.9. The molecule has 0 radical (unpaired) electrons. The second-order valence-corrected chi connectivity index (χ2v) is 8.25. The number of nitrogens with one attached hydrogen (secondary N) is 2. The highest BCUT2D eigenvalue weighted by molar-refractivity contribution is 5.67. The smallest absolute Gasteiger partial charge is 0.407 e. The Bertz CT molecular complexity index is 353. The van der Waals surface area contributed by atoms with E-state index in [1.807, 2.05) is 20.8 Å². The maximum Gasteiger partial charge on any atom is 0.407 e. The molecule has 136 valence electrons. The fourth-order valence-electron chi connectivity index (χ4n) is 3.03. The highest BCUT2D eigenvalue weighted by Crippen LogP contribution is 2.15. The van der Waals surface area contributed by atoms with E-state index in [0.717, 1.165) is 13.0 Å². The van der Waals surface area contributed by atoms with Gasteiger partial charge in [-0.15, -0.1) is 0 Å². The van der Waals surface area contributed by atoms with E-state index in [2.05, 4.69) is 36.4 Å². The Morgan fingerprint density at radius 1 is 1.30 bits per heavy atom. The predicted octanol–water partition coefficient (Wildman–Crippen LogP) is 3.00. The summed E-state index contributed by atoms with van der Waals surface area (Å²) in [6.07, 6.45) is 4.61. The van der Waals surface area contributed by atoms with Gasteiger partial charge >= 0.3 is 6.09 Å². The summed E-state index contributed by atoms with van der Waals surface area (Å²) < 4.78 is 5.32. The van der Waals surface area contributed by atoms with Crippen LogP contribution in [0.3, 0.4) is 0 Å². The second kappa shape index (κ2) is 9.48. The maximum absolute atomic E-state index is 11.8. The molecule has 2 atom stereocenters. The van der Waals surface area contributed by atoms with Crippen molar-refractivity contribution >= 4 is 6.09 Å². The Morgan fingerprint density at radius 3 is 2.57 bits per heavy atom. The average molecular weight is 328 g/mol. The van der Waals surface area contributed by atoms with Gasteiger partial charge in [0.25, 0.3) is 0 Å². The molecule has 0 spiro atoms. The summed E-state index contributed by atoms with van der Waals surface area (Å²) >= 11 is 0. The quantitative estimate of drug-likeness (QED) is 0.755. The van der Waals surface area contributed by atoms with Gasteiger partial charge in [-0.05, 0) is 59.5 Å². The van der Waals surface area contributed by atoms with Gasteiger partial charge in [-0.3, -0.25) is 0 Å². The predicted molar refractivity (Wildman–Crippen MR) is 95.8 cm³/mol. The SMILES string of the molecule is CC(C)CC(CNC(=O)OC(C)(C)C)NCC1CCCCN1C. The molecule has 1 heterocycles. The van der Waals surface area contributed by atoms with E-state index < -0.39 is 5.60 Å². The number of carbonyl (C=O) groups is 1. The number of rotatable bonds is 7. The molecule has 1 aliphatic rings. The summed E-state index contributed by atoms with van der Waals surface area (Å²) in [7, 11) is 2.21. The number of likely N-dealkylation sites (N-methyl/N-ethyl adjacent to an activating group) is 1. The van der Waals surface area contributed by atoms with Crippen molar-refractivity contribution in [2.75, 3.05) is 26.7 Å². The number of alkyl carbamates (subject to hydrolysis) is 1. The van der Waals surface area contributed by atoms with Crippen molar-refractivity contribution < 1.29 is 9.53 Å². The number of nitrogens with zero attached hydrogens (tertiary/aromatic N) is 1. The lowest BCUT2D eigenvalue weighted by molar-refractivity contribution is 0.0520. The normalized spacial score (nSPS) is 21.3. The molecule has 0 bridgehead atoms. The molecule has 1 aliphatic heterocycles. The molecule has 23 heavy (non-hydrogen) atoms. The Labute approximate surface area is 142 Å². The molecule has 1 fully saturated rings. The number of likely N-dealkylation sites (tertiary alicyclic amines) is 1. The fraction of sp³-hybridized carbons (Fsp3) is 0.944. The molecule has 0 saturated carbocycles. The molecule has 5 nitrogen and oxygen atoms in total. The summed E-state index contributed by atoms with van der Waals surface area (Å²) in [6.45, 7) is 12.9. The van der Waals surface area contributed by atoms with Crippen LogP contribution < -0.4 is 10.6 Å². The molecule has 5 heteroatoms. The molecule has 0 aromatic rings. The first kappa shape index (κ1) is 20.2. The van der Waals surface area contributed by atoms with Crippen LogP contribution >= 0.6 is 0 Å². The van der Waals surface area contributed by atoms with Gasteiger partial charge in [-0.2, -0.15) is 0 Å². The zero-order valence-electron chi connectivity index (χ0n) is 15.9. The first-order valence-electron chi connectivity index (χ1n) is 9.08. The number of carbonyl (C=O) groups excluding carboxylic acids is 1. The van der Waals surface area contributed by atoms with E-state index in [-0.39, 0.29) is 12.1 Å². The van der Waals surface area contributed by atoms with Crippen molar-refractivity contribution in [2.24, 2.45) is 5.92 Å². The van der Waals surface area contributed by atoms with E-state index >= 15 is 0 Å². The topological polar surface area (TPSA) is 53.6 Å². The first-order chi connectivity index (χ1) is 10.7. The van der Waals surface area contributed by atoms with Gasteiger partial charge in [-0.1, -0.05) is 20.3 Å². The third-order valence-electron chi connectivity index (χ3n) is 4.21. The summed E-state index contributed by atoms with van der Waals surface area (Å²) in [5.74, 6) is 0.594. The highest BCUT2D eigenvalue weighted by Gasteiger charge is 2.21. The fourth-order valence-corrected chi connectivity index (χ4v) is 3.03. The molecule has 0 aromatic carbocycles. The number of hydrogen-bond acceptors (Lipinski definition) is 4. The average Bonchev–Trinajstić information content (AvgIpc) is 2.41. The lowest BCUT2D eigenvalue weighted by Gasteiger charge is -2.34. The second-order valence-electron chi connectivity index (χ2n) is 8.25. The first-order valence-corrected chi connectivity index (χ1v) is 9.08. The third kappa shape index (κ3) is 9.16. The van der Waals surface area contributed by atoms with Crippen LogP contribution in [0.1, 0.15) is 60.3 Å². The Kier molecular flexibility index (Phi) is 8.34. The van der Waals surface area contributed by atoms with Gasteiger partial charge in [0, 0.05) is 25.2 Å². The van der Waals surface area contributed by atoms with Crippen LogP contribution in [0.2, 0.25) is 0 Å². The van der Waals surface area contributed by atoms with Gasteiger partial charge in [-0.25, -0.2) is 4.79 Å². The van der Waals surface area contributed by atoms with E-state index in [9.17, 15) is 4.79 Å². The van der Waals surface area contributed by atoms with Crippen LogP contribution in [0.5, 0.6) is 0 Å². The largest absolute Gasteiger partial charge is 0.444 e. The number of amides is 1. The van der Waals surface area contributed by atoms with Crippen LogP contribution in [0.4, 0.5) is 4.79 Å². The van der Waals surface area contributed by atoms with Crippen LogP contribution in [-0.4, -0.2) is 55.4 Å². The van der Waals surface area contributed by atoms with Crippen molar-refractivity contribution in [1.82, 2.24) is 15.5 Å². The van der Waals surface area contributed by atoms with Crippen LogP contribution in [0, 0.1) is 5.92 Å². The van der Waals surface area contributed by atoms with Gasteiger partial charge in [0.05, 0.1) is 0 Å². The van der Waals surface area contributed by atoms with Gasteiger partial charge in [0.1, 0.15) is 5.60 Å². The van der Waals surface area contributed by atoms with Crippen LogP contribution in [-0.2, 0) is 4.74 Å². The minimum Gasteiger partial charge on any atom is -0.444 e. The van der Waals surface area contributed by atoms with Crippen molar-refractivity contribution in [3.8, 4) is 0 Å². The van der Waals surface area contributed by atoms with Crippen molar-refractivity contribution in [2.45, 2.75) is 78.0 Å². The minimum atomic E-state index is -0.449. The molecule has 0 aromatic heterocycles. The molecule has 2 N–H and O–H groups in total. The number of hydrogen-bond donors (Lipinski definition) is 2. The van der Waals surface area contributed by atoms with Crippen LogP contribution in [0.15, 0.2) is 0 Å². The summed E-state index contributed by atoms with van der Waals surface area (Å²) in [6, 6.07) is 0.901. The zero-order chi connectivity index (χ0) is 17.5. The summed E-state index contributed by atoms with van der Waals surface area (Å²) in [5, 5.41) is 6.56. The van der Waals surface area contributed by atoms with Crippen molar-refractivity contribution in [3.05, 3.63) is 0 Å². The highest BCUT2D eigenvalue weighted by atomic mass is 16.6. The molecular formula is C18H37N3O2. The van der Waals surface area contributed by atoms with E-state index in [1.165, 1.54) is 25.8 Å². The van der Waals surface area contributed by atoms with Crippen molar-refractivity contribution in [1.29, 1.82) is 0 Å². The Morgan fingerprint density at radius 2 is 2.00 bits per heavy atom. The maximum atomic E-state index is 11.8. The third-order valence-corrected chi connectivity index (χ3v) is 4.21. The van der Waals surface area contributed by atoms with E-state index in [1.54, 1.807) is 0 Å². The lowest BCUT2D eigenvalue weighted by atomic mass is 10.0. The number of piperidine rings is 1. The monoisotopic (exact) mass is 327 g/mol. The molecule has 1 rings (SSSR count). The molecule has 1 saturated heterocycles. The molecule has 1 amide bonds. The van der Waals surface area contributed by atoms with Gasteiger partial charge < -0.3 is 20.3 Å². The van der Waals surface area contributed by atoms with Crippen molar-refractivity contribution in [3.63, 3.8) is 0 Å². The molecular weight excluding hydrogens is 290 g/mol. The Balaban J connectivity index is 2.41. The van der Waals surface area contributed by atoms with E-state index in [4.69, 9.17) is 4.74 Å². The van der Waals surface area contributed by atoms with Gasteiger partial charge in [0.15, 0.2) is 0 Å². The standard InChI is InChI=1S/C18H37N3O2/c1-14(2)11-15(12-20-17(22)23-18(3,4)5)19-13-16-9-7-8-10-21(16)6/h14-16,19H,7-13H2,1-6H3,(H,20,22). The lowest BCUT2D eigenvalue weighted by Crippen LogP contribution is -2.49. The molecule has 0 aliphatic carbocycles. The summed E-state index contributed by atoms with van der Waals surface area (Å²) in [5.41, 5.74) is -0.449.